The van der Waals surface area contributed by atoms with Crippen LogP contribution in [0.2, 0.25) is 5.02 Å². The van der Waals surface area contributed by atoms with Crippen LogP contribution in [0, 0.1) is 12.8 Å². The number of ether oxygens (including phenoxy) is 1. The lowest BCUT2D eigenvalue weighted by atomic mass is 9.82. The second-order valence-electron chi connectivity index (χ2n) is 6.82. The first-order valence-corrected chi connectivity index (χ1v) is 9.03. The summed E-state index contributed by atoms with van der Waals surface area (Å²) in [6.07, 6.45) is 0.886. The first-order valence-electron chi connectivity index (χ1n) is 8.65. The molecule has 5 nitrogen and oxygen atoms in total. The van der Waals surface area contributed by atoms with Gasteiger partial charge in [-0.25, -0.2) is 0 Å². The number of hydrogen-bond acceptors (Lipinski definition) is 4. The number of carboxylic acids is 1. The predicted molar refractivity (Wildman–Crippen MR) is 102 cm³/mol. The highest BCUT2D eigenvalue weighted by Gasteiger charge is 2.36. The average Bonchev–Trinajstić information content (AvgIpc) is 2.59. The monoisotopic (exact) mass is 384 g/mol. The minimum atomic E-state index is -0.782. The molecule has 1 aliphatic rings. The van der Waals surface area contributed by atoms with Gasteiger partial charge in [0.25, 0.3) is 0 Å². The zero-order valence-corrected chi connectivity index (χ0v) is 15.3. The molecule has 4 rings (SSSR count). The Morgan fingerprint density at radius 3 is 2.74 bits per heavy atom. The topological polar surface area (TPSA) is 76.7 Å². The van der Waals surface area contributed by atoms with Gasteiger partial charge in [0.2, 0.25) is 0 Å². The molecule has 0 saturated heterocycles. The fourth-order valence-corrected chi connectivity index (χ4v) is 3.42. The smallest absolute Gasteiger partial charge is 0.306 e. The molecule has 3 aromatic rings. The molecule has 0 aliphatic heterocycles. The van der Waals surface area contributed by atoms with Crippen molar-refractivity contribution in [2.75, 3.05) is 0 Å². The van der Waals surface area contributed by atoms with Crippen LogP contribution in [0.15, 0.2) is 51.7 Å². The number of carbonyl (C=O) groups is 1. The third kappa shape index (κ3) is 3.30. The maximum atomic E-state index is 12.4. The van der Waals surface area contributed by atoms with E-state index in [9.17, 15) is 9.59 Å². The SMILES string of the molecule is Cc1ccc(-c2cc(=O)c3cccc(Cl)c3o2)cc1OC1CC(C(=O)O)C1. The van der Waals surface area contributed by atoms with E-state index in [-0.39, 0.29) is 17.5 Å². The van der Waals surface area contributed by atoms with E-state index in [0.717, 1.165) is 5.56 Å². The minimum absolute atomic E-state index is 0.113. The summed E-state index contributed by atoms with van der Waals surface area (Å²) in [5, 5.41) is 9.80. The molecule has 138 valence electrons. The van der Waals surface area contributed by atoms with Crippen molar-refractivity contribution in [2.24, 2.45) is 5.92 Å². The molecule has 1 fully saturated rings. The maximum Gasteiger partial charge on any atom is 0.306 e. The molecule has 1 saturated carbocycles. The van der Waals surface area contributed by atoms with Gasteiger partial charge in [-0.15, -0.1) is 0 Å². The normalized spacial score (nSPS) is 18.9. The van der Waals surface area contributed by atoms with Crippen LogP contribution >= 0.6 is 11.6 Å². The fraction of sp³-hybridized carbons (Fsp3) is 0.238. The van der Waals surface area contributed by atoms with Crippen molar-refractivity contribution in [1.29, 1.82) is 0 Å². The van der Waals surface area contributed by atoms with E-state index in [1.807, 2.05) is 25.1 Å². The molecule has 1 N–H and O–H groups in total. The Kier molecular flexibility index (Phi) is 4.40. The number of para-hydroxylation sites is 1. The van der Waals surface area contributed by atoms with Gasteiger partial charge in [-0.3, -0.25) is 9.59 Å². The zero-order valence-electron chi connectivity index (χ0n) is 14.6. The molecule has 0 amide bonds. The van der Waals surface area contributed by atoms with Crippen molar-refractivity contribution in [3.63, 3.8) is 0 Å². The van der Waals surface area contributed by atoms with Crippen LogP contribution in [0.3, 0.4) is 0 Å². The van der Waals surface area contributed by atoms with Crippen molar-refractivity contribution in [3.05, 3.63) is 63.3 Å². The Bertz CT molecular complexity index is 1100. The fourth-order valence-electron chi connectivity index (χ4n) is 3.21. The van der Waals surface area contributed by atoms with E-state index in [0.29, 0.717) is 45.9 Å². The second kappa shape index (κ2) is 6.74. The first kappa shape index (κ1) is 17.6. The highest BCUT2D eigenvalue weighted by atomic mass is 35.5. The van der Waals surface area contributed by atoms with E-state index < -0.39 is 5.97 Å². The van der Waals surface area contributed by atoms with Crippen LogP contribution in [0.5, 0.6) is 5.75 Å². The number of aliphatic carboxylic acids is 1. The van der Waals surface area contributed by atoms with Gasteiger partial charge >= 0.3 is 5.97 Å². The molecule has 2 aromatic carbocycles. The molecule has 27 heavy (non-hydrogen) atoms. The van der Waals surface area contributed by atoms with Crippen LogP contribution in [-0.4, -0.2) is 17.2 Å². The Morgan fingerprint density at radius 2 is 2.00 bits per heavy atom. The third-order valence-electron chi connectivity index (χ3n) is 4.92. The largest absolute Gasteiger partial charge is 0.490 e. The number of fused-ring (bicyclic) bond motifs is 1. The molecular weight excluding hydrogens is 368 g/mol. The summed E-state index contributed by atoms with van der Waals surface area (Å²) in [5.74, 6) is -0.0556. The minimum Gasteiger partial charge on any atom is -0.490 e. The molecule has 0 radical (unpaired) electrons. The van der Waals surface area contributed by atoms with Crippen LogP contribution in [0.25, 0.3) is 22.3 Å². The van der Waals surface area contributed by atoms with Crippen LogP contribution in [-0.2, 0) is 4.79 Å². The molecule has 0 atom stereocenters. The van der Waals surface area contributed by atoms with Gasteiger partial charge in [0, 0.05) is 11.6 Å². The van der Waals surface area contributed by atoms with Crippen LogP contribution in [0.1, 0.15) is 18.4 Å². The zero-order chi connectivity index (χ0) is 19.1. The maximum absolute atomic E-state index is 12.4. The Morgan fingerprint density at radius 1 is 1.22 bits per heavy atom. The predicted octanol–water partition coefficient (Wildman–Crippen LogP) is 4.66. The lowest BCUT2D eigenvalue weighted by Crippen LogP contribution is -2.38. The molecule has 1 heterocycles. The van der Waals surface area contributed by atoms with Gasteiger partial charge in [0.1, 0.15) is 17.6 Å². The summed E-state index contributed by atoms with van der Waals surface area (Å²) in [4.78, 5) is 23.3. The van der Waals surface area contributed by atoms with Gasteiger partial charge < -0.3 is 14.3 Å². The molecule has 1 aliphatic carbocycles. The molecule has 1 aromatic heterocycles. The summed E-state index contributed by atoms with van der Waals surface area (Å²) >= 11 is 6.17. The van der Waals surface area contributed by atoms with Crippen molar-refractivity contribution < 1.29 is 19.1 Å². The third-order valence-corrected chi connectivity index (χ3v) is 5.21. The second-order valence-corrected chi connectivity index (χ2v) is 7.23. The van der Waals surface area contributed by atoms with Gasteiger partial charge in [-0.1, -0.05) is 29.8 Å². The Balaban J connectivity index is 1.67. The lowest BCUT2D eigenvalue weighted by molar-refractivity contribution is -0.147. The quantitative estimate of drug-likeness (QED) is 0.707. The van der Waals surface area contributed by atoms with E-state index in [4.69, 9.17) is 25.9 Å². The van der Waals surface area contributed by atoms with Crippen molar-refractivity contribution in [1.82, 2.24) is 0 Å². The number of halogens is 1. The van der Waals surface area contributed by atoms with E-state index in [1.165, 1.54) is 6.07 Å². The summed E-state index contributed by atoms with van der Waals surface area (Å²) in [6, 6.07) is 12.0. The highest BCUT2D eigenvalue weighted by Crippen LogP contribution is 2.35. The first-order chi connectivity index (χ1) is 12.9. The van der Waals surface area contributed by atoms with E-state index in [1.54, 1.807) is 18.2 Å². The molecule has 0 spiro atoms. The summed E-state index contributed by atoms with van der Waals surface area (Å²) < 4.78 is 11.8. The van der Waals surface area contributed by atoms with Gasteiger partial charge in [-0.2, -0.15) is 0 Å². The number of benzene rings is 2. The van der Waals surface area contributed by atoms with Crippen LogP contribution < -0.4 is 10.2 Å². The van der Waals surface area contributed by atoms with E-state index >= 15 is 0 Å². The molecule has 0 bridgehead atoms. The highest BCUT2D eigenvalue weighted by molar-refractivity contribution is 6.34. The van der Waals surface area contributed by atoms with Gasteiger partial charge in [0.05, 0.1) is 16.3 Å². The Labute approximate surface area is 160 Å². The standard InChI is InChI=1S/C21H17ClO5/c1-11-5-6-12(9-18(11)26-14-7-13(8-14)21(24)25)19-10-17(23)15-3-2-4-16(22)20(15)27-19/h2-6,9-10,13-14H,7-8H2,1H3,(H,24,25). The number of aryl methyl sites for hydroxylation is 1. The molecule has 0 unspecified atom stereocenters. The van der Waals surface area contributed by atoms with E-state index in [2.05, 4.69) is 0 Å². The Hall–Kier alpha value is -2.79. The average molecular weight is 385 g/mol. The summed E-state index contributed by atoms with van der Waals surface area (Å²) in [7, 11) is 0. The van der Waals surface area contributed by atoms with Crippen molar-refractivity contribution in [3.8, 4) is 17.1 Å². The van der Waals surface area contributed by atoms with Crippen molar-refractivity contribution in [2.45, 2.75) is 25.9 Å². The number of rotatable bonds is 4. The van der Waals surface area contributed by atoms with Gasteiger partial charge in [0.15, 0.2) is 11.0 Å². The van der Waals surface area contributed by atoms with Crippen LogP contribution in [0.4, 0.5) is 0 Å². The molecule has 6 heteroatoms. The summed E-state index contributed by atoms with van der Waals surface area (Å²) in [5.41, 5.74) is 1.82. The van der Waals surface area contributed by atoms with Gasteiger partial charge in [-0.05, 0) is 43.5 Å². The lowest BCUT2D eigenvalue weighted by Gasteiger charge is -2.33. The number of hydrogen-bond donors (Lipinski definition) is 1. The summed E-state index contributed by atoms with van der Waals surface area (Å²) in [6.45, 7) is 1.92. The molecular formula is C21H17ClO5. The number of carboxylic acid groups (broad SMARTS) is 1. The van der Waals surface area contributed by atoms with Crippen molar-refractivity contribution >= 4 is 28.5 Å².